The maximum Gasteiger partial charge on any atom is 0.186 e. The normalized spacial score (nSPS) is 44.4. The fraction of sp³-hybridized carbons (Fsp3) is 0.684. The van der Waals surface area contributed by atoms with Crippen molar-refractivity contribution < 1.29 is 29.5 Å². The lowest BCUT2D eigenvalue weighted by Crippen LogP contribution is -2.55. The second kappa shape index (κ2) is 7.31. The molecule has 0 aromatic heterocycles. The predicted octanol–water partition coefficient (Wildman–Crippen LogP) is 1.14. The number of aliphatic hydroxyl groups is 3. The highest BCUT2D eigenvalue weighted by atomic mass is 16.7. The molecule has 3 aliphatic rings. The predicted molar refractivity (Wildman–Crippen MR) is 88.6 cm³/mol. The maximum atomic E-state index is 10.2. The average Bonchev–Trinajstić information content (AvgIpc) is 3.12. The quantitative estimate of drug-likeness (QED) is 0.758. The Morgan fingerprint density at radius 3 is 2.60 bits per heavy atom. The fourth-order valence-electron chi connectivity index (χ4n) is 4.31. The van der Waals surface area contributed by atoms with Crippen LogP contribution in [0.25, 0.3) is 0 Å². The molecule has 0 unspecified atom stereocenters. The number of hydrogen-bond donors (Lipinski definition) is 3. The van der Waals surface area contributed by atoms with E-state index in [1.807, 2.05) is 18.2 Å². The second-order valence-corrected chi connectivity index (χ2v) is 7.33. The number of ether oxygens (including phenoxy) is 3. The lowest BCUT2D eigenvalue weighted by Gasteiger charge is -2.43. The molecule has 1 aliphatic carbocycles. The van der Waals surface area contributed by atoms with E-state index in [0.717, 1.165) is 24.8 Å². The summed E-state index contributed by atoms with van der Waals surface area (Å²) in [5, 5.41) is 29.7. The van der Waals surface area contributed by atoms with Gasteiger partial charge in [0.2, 0.25) is 0 Å². The van der Waals surface area contributed by atoms with Crippen LogP contribution in [0.1, 0.15) is 37.4 Å². The van der Waals surface area contributed by atoms with Gasteiger partial charge in [-0.05, 0) is 18.4 Å². The molecule has 0 amide bonds. The molecule has 3 fully saturated rings. The number of aliphatic hydroxyl groups excluding tert-OH is 3. The first-order valence-corrected chi connectivity index (χ1v) is 9.15. The van der Waals surface area contributed by atoms with Crippen molar-refractivity contribution in [2.45, 2.75) is 68.6 Å². The van der Waals surface area contributed by atoms with E-state index in [0.29, 0.717) is 6.42 Å². The molecule has 6 heteroatoms. The SMILES string of the molecule is O[C@@H]1[C@@H](O[C@@H]2C[C@H](c3ccccc3)O[C@@H]3CCC[C@@H]23)OC[C@H](O)[C@H]1O. The summed E-state index contributed by atoms with van der Waals surface area (Å²) in [7, 11) is 0. The summed E-state index contributed by atoms with van der Waals surface area (Å²) in [5.41, 5.74) is 1.13. The number of hydrogen-bond acceptors (Lipinski definition) is 6. The Kier molecular flexibility index (Phi) is 5.08. The summed E-state index contributed by atoms with van der Waals surface area (Å²) < 4.78 is 17.9. The second-order valence-electron chi connectivity index (χ2n) is 7.33. The summed E-state index contributed by atoms with van der Waals surface area (Å²) in [6, 6.07) is 10.1. The highest BCUT2D eigenvalue weighted by molar-refractivity contribution is 5.18. The highest BCUT2D eigenvalue weighted by Crippen LogP contribution is 2.44. The van der Waals surface area contributed by atoms with Gasteiger partial charge in [0.1, 0.15) is 18.3 Å². The standard InChI is InChI=1S/C19H26O6/c20-13-10-23-19(18(22)17(13)21)25-16-9-15(11-5-2-1-3-6-11)24-14-8-4-7-12(14)16/h1-3,5-6,12-22H,4,7-10H2/t12-,13+,14-,15-,16-,17-,18+,19-/m1/s1. The van der Waals surface area contributed by atoms with Crippen molar-refractivity contribution in [3.63, 3.8) is 0 Å². The van der Waals surface area contributed by atoms with Gasteiger partial charge in [-0.3, -0.25) is 0 Å². The van der Waals surface area contributed by atoms with Gasteiger partial charge < -0.3 is 29.5 Å². The first kappa shape index (κ1) is 17.4. The van der Waals surface area contributed by atoms with Crippen molar-refractivity contribution in [3.8, 4) is 0 Å². The fourth-order valence-corrected chi connectivity index (χ4v) is 4.31. The molecule has 6 nitrogen and oxygen atoms in total. The van der Waals surface area contributed by atoms with Crippen LogP contribution >= 0.6 is 0 Å². The highest BCUT2D eigenvalue weighted by Gasteiger charge is 2.46. The van der Waals surface area contributed by atoms with E-state index < -0.39 is 24.6 Å². The van der Waals surface area contributed by atoms with E-state index in [4.69, 9.17) is 14.2 Å². The lowest BCUT2D eigenvalue weighted by atomic mass is 9.88. The van der Waals surface area contributed by atoms with Crippen LogP contribution in [0.3, 0.4) is 0 Å². The zero-order chi connectivity index (χ0) is 17.4. The molecule has 1 saturated carbocycles. The van der Waals surface area contributed by atoms with E-state index in [2.05, 4.69) is 12.1 Å². The van der Waals surface area contributed by atoms with Gasteiger partial charge in [-0.2, -0.15) is 0 Å². The van der Waals surface area contributed by atoms with Gasteiger partial charge in [-0.25, -0.2) is 0 Å². The molecule has 2 aliphatic heterocycles. The van der Waals surface area contributed by atoms with Gasteiger partial charge in [-0.15, -0.1) is 0 Å². The Bertz CT molecular complexity index is 566. The minimum Gasteiger partial charge on any atom is -0.388 e. The molecule has 0 radical (unpaired) electrons. The Balaban J connectivity index is 1.49. The topological polar surface area (TPSA) is 88.4 Å². The molecule has 4 rings (SSSR count). The zero-order valence-electron chi connectivity index (χ0n) is 14.1. The van der Waals surface area contributed by atoms with Crippen LogP contribution < -0.4 is 0 Å². The monoisotopic (exact) mass is 350 g/mol. The maximum absolute atomic E-state index is 10.2. The molecule has 2 heterocycles. The molecular weight excluding hydrogens is 324 g/mol. The number of benzene rings is 1. The average molecular weight is 350 g/mol. The Morgan fingerprint density at radius 2 is 1.80 bits per heavy atom. The summed E-state index contributed by atoms with van der Waals surface area (Å²) >= 11 is 0. The lowest BCUT2D eigenvalue weighted by molar-refractivity contribution is -0.298. The molecule has 0 bridgehead atoms. The molecule has 1 aromatic rings. The third-order valence-corrected chi connectivity index (χ3v) is 5.70. The van der Waals surface area contributed by atoms with Crippen LogP contribution in [0, 0.1) is 5.92 Å². The Hall–Kier alpha value is -1.02. The van der Waals surface area contributed by atoms with E-state index in [1.54, 1.807) is 0 Å². The number of rotatable bonds is 3. The summed E-state index contributed by atoms with van der Waals surface area (Å²) in [5.74, 6) is 0.278. The third-order valence-electron chi connectivity index (χ3n) is 5.70. The third kappa shape index (κ3) is 3.47. The van der Waals surface area contributed by atoms with Crippen LogP contribution in [0.2, 0.25) is 0 Å². The first-order valence-electron chi connectivity index (χ1n) is 9.15. The smallest absolute Gasteiger partial charge is 0.186 e. The molecule has 3 N–H and O–H groups in total. The van der Waals surface area contributed by atoms with E-state index in [9.17, 15) is 15.3 Å². The van der Waals surface area contributed by atoms with Gasteiger partial charge >= 0.3 is 0 Å². The van der Waals surface area contributed by atoms with E-state index in [-0.39, 0.29) is 30.8 Å². The summed E-state index contributed by atoms with van der Waals surface area (Å²) in [6.07, 6.45) is -0.642. The van der Waals surface area contributed by atoms with Gasteiger partial charge in [0.25, 0.3) is 0 Å². The molecular formula is C19H26O6. The Labute approximate surface area is 147 Å². The Morgan fingerprint density at radius 1 is 1.00 bits per heavy atom. The molecule has 1 aromatic carbocycles. The van der Waals surface area contributed by atoms with Gasteiger partial charge in [0.15, 0.2) is 6.29 Å². The van der Waals surface area contributed by atoms with Crippen molar-refractivity contribution in [2.24, 2.45) is 5.92 Å². The van der Waals surface area contributed by atoms with Crippen molar-refractivity contribution in [3.05, 3.63) is 35.9 Å². The van der Waals surface area contributed by atoms with E-state index >= 15 is 0 Å². The molecule has 2 saturated heterocycles. The van der Waals surface area contributed by atoms with Gasteiger partial charge in [0, 0.05) is 12.3 Å². The van der Waals surface area contributed by atoms with E-state index in [1.165, 1.54) is 0 Å². The zero-order valence-corrected chi connectivity index (χ0v) is 14.1. The van der Waals surface area contributed by atoms with Crippen LogP contribution in [0.15, 0.2) is 30.3 Å². The van der Waals surface area contributed by atoms with Gasteiger partial charge in [0.05, 0.1) is 24.9 Å². The minimum atomic E-state index is -1.25. The largest absolute Gasteiger partial charge is 0.388 e. The summed E-state index contributed by atoms with van der Waals surface area (Å²) in [4.78, 5) is 0. The van der Waals surface area contributed by atoms with Crippen molar-refractivity contribution in [2.75, 3.05) is 6.61 Å². The first-order chi connectivity index (χ1) is 12.1. The van der Waals surface area contributed by atoms with Crippen molar-refractivity contribution >= 4 is 0 Å². The van der Waals surface area contributed by atoms with Crippen LogP contribution in [-0.4, -0.2) is 58.7 Å². The van der Waals surface area contributed by atoms with Gasteiger partial charge in [-0.1, -0.05) is 36.8 Å². The minimum absolute atomic E-state index is 0.0394. The number of fused-ring (bicyclic) bond motifs is 1. The van der Waals surface area contributed by atoms with Crippen molar-refractivity contribution in [1.29, 1.82) is 0 Å². The molecule has 138 valence electrons. The van der Waals surface area contributed by atoms with Crippen LogP contribution in [0.5, 0.6) is 0 Å². The van der Waals surface area contributed by atoms with Crippen LogP contribution in [0.4, 0.5) is 0 Å². The molecule has 0 spiro atoms. The molecule has 8 atom stereocenters. The van der Waals surface area contributed by atoms with Crippen LogP contribution in [-0.2, 0) is 14.2 Å². The van der Waals surface area contributed by atoms with Crippen molar-refractivity contribution in [1.82, 2.24) is 0 Å². The summed E-state index contributed by atoms with van der Waals surface area (Å²) in [6.45, 7) is -0.0394. The molecule has 25 heavy (non-hydrogen) atoms.